The Morgan fingerprint density at radius 3 is 2.13 bits per heavy atom. The van der Waals surface area contributed by atoms with E-state index in [-0.39, 0.29) is 74.3 Å². The number of amides is 5. The molecule has 0 aromatic heterocycles. The van der Waals surface area contributed by atoms with E-state index in [0.29, 0.717) is 46.2 Å². The molecule has 5 amide bonds. The monoisotopic (exact) mass is 691 g/mol. The maximum Gasteiger partial charge on any atom is 0.266 e. The van der Waals surface area contributed by atoms with E-state index in [1.165, 1.54) is 18.2 Å². The quantitative estimate of drug-likeness (QED) is 0.124. The Morgan fingerprint density at radius 2 is 1.48 bits per heavy atom. The van der Waals surface area contributed by atoms with Gasteiger partial charge in [-0.1, -0.05) is 6.07 Å². The summed E-state index contributed by atoms with van der Waals surface area (Å²) in [6.07, 6.45) is 0.0678. The van der Waals surface area contributed by atoms with Crippen LogP contribution in [0, 0.1) is 0 Å². The van der Waals surface area contributed by atoms with Crippen LogP contribution < -0.4 is 20.7 Å². The molecule has 0 saturated carbocycles. The summed E-state index contributed by atoms with van der Waals surface area (Å²) in [6, 6.07) is 3.37. The fourth-order valence-electron chi connectivity index (χ4n) is 4.95. The van der Waals surface area contributed by atoms with Crippen molar-refractivity contribution in [2.75, 3.05) is 98.7 Å². The molecule has 2 saturated heterocycles. The molecule has 1 unspecified atom stereocenters. The maximum absolute atomic E-state index is 13.1. The minimum atomic E-state index is -1.09. The SMILES string of the molecule is Cl.Cl.O=C(COc1cccc2c1C(=O)N(C1CCC(=O)NC1=O)C2=O)NCCOCCOCCOCCOCCN1CCNCC1. The second-order valence-electron chi connectivity index (χ2n) is 10.3. The van der Waals surface area contributed by atoms with Gasteiger partial charge in [-0.05, 0) is 18.6 Å². The summed E-state index contributed by atoms with van der Waals surface area (Å²) in [4.78, 5) is 65.2. The summed E-state index contributed by atoms with van der Waals surface area (Å²) >= 11 is 0. The Kier molecular flexibility index (Phi) is 18.0. The van der Waals surface area contributed by atoms with Crippen molar-refractivity contribution in [1.29, 1.82) is 0 Å². The van der Waals surface area contributed by atoms with Crippen LogP contribution in [0.1, 0.15) is 33.6 Å². The van der Waals surface area contributed by atoms with Gasteiger partial charge in [-0.25, -0.2) is 0 Å². The van der Waals surface area contributed by atoms with Crippen molar-refractivity contribution in [3.63, 3.8) is 0 Å². The number of rotatable bonds is 19. The Bertz CT molecular complexity index is 1170. The molecule has 0 bridgehead atoms. The molecule has 3 heterocycles. The van der Waals surface area contributed by atoms with Gasteiger partial charge in [-0.2, -0.15) is 0 Å². The molecule has 0 aliphatic carbocycles. The van der Waals surface area contributed by atoms with E-state index < -0.39 is 35.6 Å². The number of benzene rings is 1. The molecule has 15 nitrogen and oxygen atoms in total. The number of imide groups is 2. The van der Waals surface area contributed by atoms with E-state index in [4.69, 9.17) is 23.7 Å². The van der Waals surface area contributed by atoms with Crippen LogP contribution in [0.4, 0.5) is 0 Å². The molecule has 3 aliphatic rings. The lowest BCUT2D eigenvalue weighted by atomic mass is 10.0. The third-order valence-corrected chi connectivity index (χ3v) is 7.23. The van der Waals surface area contributed by atoms with Gasteiger partial charge in [0.15, 0.2) is 6.61 Å². The minimum absolute atomic E-state index is 0. The van der Waals surface area contributed by atoms with Gasteiger partial charge in [-0.3, -0.25) is 39.1 Å². The van der Waals surface area contributed by atoms with Gasteiger partial charge in [0.05, 0.1) is 64.0 Å². The Balaban J connectivity index is 0.00000368. The summed E-state index contributed by atoms with van der Waals surface area (Å²) in [6.45, 7) is 8.70. The van der Waals surface area contributed by atoms with E-state index in [1.54, 1.807) is 0 Å². The third kappa shape index (κ3) is 11.7. The first-order valence-corrected chi connectivity index (χ1v) is 14.9. The Hall–Kier alpha value is -2.89. The highest BCUT2D eigenvalue weighted by Crippen LogP contribution is 2.33. The van der Waals surface area contributed by atoms with Crippen molar-refractivity contribution in [2.24, 2.45) is 0 Å². The molecule has 4 rings (SSSR count). The normalized spacial score (nSPS) is 18.0. The van der Waals surface area contributed by atoms with Gasteiger partial charge >= 0.3 is 0 Å². The predicted octanol–water partition coefficient (Wildman–Crippen LogP) is -0.602. The number of halogens is 2. The molecule has 1 atom stereocenters. The number of ether oxygens (including phenoxy) is 5. The fraction of sp³-hybridized carbons (Fsp3) is 0.621. The fourth-order valence-corrected chi connectivity index (χ4v) is 4.95. The first kappa shape index (κ1) is 39.3. The van der Waals surface area contributed by atoms with E-state index in [1.807, 2.05) is 0 Å². The summed E-state index contributed by atoms with van der Waals surface area (Å²) in [7, 11) is 0. The zero-order valence-corrected chi connectivity index (χ0v) is 27.3. The maximum atomic E-state index is 13.1. The van der Waals surface area contributed by atoms with Crippen LogP contribution in [0.15, 0.2) is 18.2 Å². The van der Waals surface area contributed by atoms with Gasteiger partial charge in [0.2, 0.25) is 11.8 Å². The van der Waals surface area contributed by atoms with Gasteiger partial charge in [0.25, 0.3) is 17.7 Å². The predicted molar refractivity (Wildman–Crippen MR) is 169 cm³/mol. The molecule has 17 heteroatoms. The molecule has 0 radical (unpaired) electrons. The summed E-state index contributed by atoms with van der Waals surface area (Å²) in [5.74, 6) is -2.89. The Labute approximate surface area is 280 Å². The van der Waals surface area contributed by atoms with Gasteiger partial charge in [0, 0.05) is 45.7 Å². The average molecular weight is 693 g/mol. The molecule has 3 aliphatic heterocycles. The van der Waals surface area contributed by atoms with E-state index in [0.717, 1.165) is 37.6 Å². The van der Waals surface area contributed by atoms with Crippen LogP contribution in [0.2, 0.25) is 0 Å². The third-order valence-electron chi connectivity index (χ3n) is 7.23. The van der Waals surface area contributed by atoms with Crippen molar-refractivity contribution in [2.45, 2.75) is 18.9 Å². The van der Waals surface area contributed by atoms with Crippen LogP contribution in [0.25, 0.3) is 0 Å². The minimum Gasteiger partial charge on any atom is -0.483 e. The molecule has 0 spiro atoms. The molecule has 46 heavy (non-hydrogen) atoms. The molecule has 258 valence electrons. The lowest BCUT2D eigenvalue weighted by Crippen LogP contribution is -2.54. The van der Waals surface area contributed by atoms with Gasteiger partial charge in [0.1, 0.15) is 11.8 Å². The average Bonchev–Trinajstić information content (AvgIpc) is 3.28. The highest BCUT2D eigenvalue weighted by atomic mass is 35.5. The standard InChI is InChI=1S/C29H41N5O10.2ClH/c35-24-5-4-22(27(37)32-24)34-28(38)21-2-1-3-23(26(21)29(34)39)44-20-25(36)31-8-12-40-14-16-42-18-19-43-17-15-41-13-11-33-9-6-30-7-10-33;;/h1-3,22,30H,4-20H2,(H,31,36)(H,32,35,37);2*1H. The van der Waals surface area contributed by atoms with Crippen molar-refractivity contribution in [3.05, 3.63) is 29.3 Å². The number of piperazine rings is 1. The summed E-state index contributed by atoms with van der Waals surface area (Å²) < 4.78 is 27.6. The van der Waals surface area contributed by atoms with Gasteiger partial charge in [-0.15, -0.1) is 24.8 Å². The highest BCUT2D eigenvalue weighted by molar-refractivity contribution is 6.24. The van der Waals surface area contributed by atoms with Crippen LogP contribution in [-0.2, 0) is 33.3 Å². The largest absolute Gasteiger partial charge is 0.483 e. The number of carbonyl (C=O) groups is 5. The lowest BCUT2D eigenvalue weighted by Gasteiger charge is -2.27. The van der Waals surface area contributed by atoms with Crippen LogP contribution in [0.3, 0.4) is 0 Å². The Morgan fingerprint density at radius 1 is 0.848 bits per heavy atom. The second-order valence-corrected chi connectivity index (χ2v) is 10.3. The lowest BCUT2D eigenvalue weighted by molar-refractivity contribution is -0.136. The number of nitrogens with one attached hydrogen (secondary N) is 3. The van der Waals surface area contributed by atoms with Crippen molar-refractivity contribution in [3.8, 4) is 5.75 Å². The first-order chi connectivity index (χ1) is 21.5. The molecule has 1 aromatic rings. The number of fused-ring (bicyclic) bond motifs is 1. The molecule has 3 N–H and O–H groups in total. The van der Waals surface area contributed by atoms with Crippen molar-refractivity contribution in [1.82, 2.24) is 25.8 Å². The number of carbonyl (C=O) groups excluding carboxylic acids is 5. The topological polar surface area (TPSA) is 174 Å². The van der Waals surface area contributed by atoms with E-state index in [2.05, 4.69) is 20.9 Å². The zero-order chi connectivity index (χ0) is 31.1. The smallest absolute Gasteiger partial charge is 0.266 e. The van der Waals surface area contributed by atoms with Crippen molar-refractivity contribution < 1.29 is 47.7 Å². The molecule has 1 aromatic carbocycles. The summed E-state index contributed by atoms with van der Waals surface area (Å²) in [5, 5.41) is 8.13. The zero-order valence-electron chi connectivity index (χ0n) is 25.6. The molecular formula is C29H43Cl2N5O10. The van der Waals surface area contributed by atoms with Gasteiger partial charge < -0.3 is 34.3 Å². The van der Waals surface area contributed by atoms with Crippen LogP contribution >= 0.6 is 24.8 Å². The number of nitrogens with zero attached hydrogens (tertiary/aromatic N) is 2. The highest BCUT2D eigenvalue weighted by Gasteiger charge is 2.46. The van der Waals surface area contributed by atoms with Crippen LogP contribution in [-0.4, -0.2) is 144 Å². The van der Waals surface area contributed by atoms with E-state index >= 15 is 0 Å². The first-order valence-electron chi connectivity index (χ1n) is 14.9. The second kappa shape index (κ2) is 21.1. The van der Waals surface area contributed by atoms with Crippen molar-refractivity contribution >= 4 is 54.3 Å². The number of piperidine rings is 1. The number of hydrogen-bond acceptors (Lipinski definition) is 12. The summed E-state index contributed by atoms with van der Waals surface area (Å²) in [5.41, 5.74) is 0.0593. The van der Waals surface area contributed by atoms with Crippen LogP contribution in [0.5, 0.6) is 5.75 Å². The molecular weight excluding hydrogens is 649 g/mol. The van der Waals surface area contributed by atoms with E-state index in [9.17, 15) is 24.0 Å². The number of hydrogen-bond donors (Lipinski definition) is 3. The molecule has 2 fully saturated rings.